The van der Waals surface area contributed by atoms with E-state index in [0.29, 0.717) is 17.1 Å². The first-order chi connectivity index (χ1) is 13.9. The monoisotopic (exact) mass is 416 g/mol. The summed E-state index contributed by atoms with van der Waals surface area (Å²) in [6.07, 6.45) is 1.33. The quantitative estimate of drug-likeness (QED) is 0.459. The van der Waals surface area contributed by atoms with E-state index >= 15 is 0 Å². The second kappa shape index (κ2) is 8.27. The van der Waals surface area contributed by atoms with Crippen LogP contribution in [0.1, 0.15) is 5.56 Å². The normalized spacial score (nSPS) is 15.4. The van der Waals surface area contributed by atoms with Gasteiger partial charge in [0, 0.05) is 5.56 Å². The van der Waals surface area contributed by atoms with Gasteiger partial charge in [-0.25, -0.2) is 9.29 Å². The van der Waals surface area contributed by atoms with Crippen LogP contribution in [0.15, 0.2) is 42.0 Å². The molecule has 3 rings (SSSR count). The number of amides is 2. The molecule has 0 saturated carbocycles. The molecule has 2 aromatic rings. The molecule has 0 aromatic heterocycles. The fourth-order valence-corrected chi connectivity index (χ4v) is 3.18. The minimum Gasteiger partial charge on any atom is -0.493 e. The average Bonchev–Trinajstić information content (AvgIpc) is 2.71. The fourth-order valence-electron chi connectivity index (χ4n) is 2.90. The van der Waals surface area contributed by atoms with Gasteiger partial charge in [-0.1, -0.05) is 12.1 Å². The number of thiocarbonyl (C=S) groups is 1. The number of rotatable bonds is 5. The second-order valence-corrected chi connectivity index (χ2v) is 6.22. The van der Waals surface area contributed by atoms with Gasteiger partial charge in [0.2, 0.25) is 5.75 Å². The molecule has 0 unspecified atom stereocenters. The third-order valence-electron chi connectivity index (χ3n) is 4.23. The van der Waals surface area contributed by atoms with Crippen molar-refractivity contribution in [2.75, 3.05) is 26.2 Å². The number of halogens is 1. The largest absolute Gasteiger partial charge is 0.493 e. The molecule has 0 spiro atoms. The van der Waals surface area contributed by atoms with Crippen molar-refractivity contribution in [2.24, 2.45) is 0 Å². The topological polar surface area (TPSA) is 77.1 Å². The SMILES string of the molecule is COc1ccc(/C=C2\C(=O)NC(=S)N(c3ccccc3F)C2=O)c(OC)c1OC. The van der Waals surface area contributed by atoms with Gasteiger partial charge in [-0.2, -0.15) is 0 Å². The van der Waals surface area contributed by atoms with Crippen LogP contribution < -0.4 is 24.4 Å². The van der Waals surface area contributed by atoms with Crippen molar-refractivity contribution in [3.05, 3.63) is 53.4 Å². The highest BCUT2D eigenvalue weighted by atomic mass is 32.1. The number of nitrogens with one attached hydrogen (secondary N) is 1. The van der Waals surface area contributed by atoms with E-state index < -0.39 is 17.6 Å². The Bertz CT molecular complexity index is 1040. The van der Waals surface area contributed by atoms with Gasteiger partial charge in [0.25, 0.3) is 11.8 Å². The van der Waals surface area contributed by atoms with Gasteiger partial charge in [0.1, 0.15) is 11.4 Å². The van der Waals surface area contributed by atoms with E-state index in [1.807, 2.05) is 0 Å². The number of carbonyl (C=O) groups is 2. The molecule has 150 valence electrons. The van der Waals surface area contributed by atoms with Gasteiger partial charge < -0.3 is 14.2 Å². The van der Waals surface area contributed by atoms with Crippen LogP contribution >= 0.6 is 12.2 Å². The molecular weight excluding hydrogens is 399 g/mol. The highest BCUT2D eigenvalue weighted by Crippen LogP contribution is 2.40. The Balaban J connectivity index is 2.12. The molecule has 1 aliphatic rings. The molecule has 0 atom stereocenters. The van der Waals surface area contributed by atoms with Crippen molar-refractivity contribution in [1.29, 1.82) is 0 Å². The van der Waals surface area contributed by atoms with Crippen molar-refractivity contribution in [2.45, 2.75) is 0 Å². The molecule has 0 bridgehead atoms. The Morgan fingerprint density at radius 2 is 1.69 bits per heavy atom. The first-order valence-electron chi connectivity index (χ1n) is 8.37. The van der Waals surface area contributed by atoms with E-state index in [1.54, 1.807) is 18.2 Å². The summed E-state index contributed by atoms with van der Waals surface area (Å²) in [6, 6.07) is 8.85. The lowest BCUT2D eigenvalue weighted by molar-refractivity contribution is -0.122. The lowest BCUT2D eigenvalue weighted by Crippen LogP contribution is -2.54. The molecule has 9 heteroatoms. The van der Waals surface area contributed by atoms with Crippen molar-refractivity contribution in [1.82, 2.24) is 5.32 Å². The van der Waals surface area contributed by atoms with Crippen LogP contribution in [0.5, 0.6) is 17.2 Å². The Morgan fingerprint density at radius 1 is 1.00 bits per heavy atom. The van der Waals surface area contributed by atoms with E-state index in [-0.39, 0.29) is 22.1 Å². The highest BCUT2D eigenvalue weighted by molar-refractivity contribution is 7.80. The van der Waals surface area contributed by atoms with E-state index in [4.69, 9.17) is 26.4 Å². The van der Waals surface area contributed by atoms with Crippen LogP contribution in [0.25, 0.3) is 6.08 Å². The lowest BCUT2D eigenvalue weighted by Gasteiger charge is -2.29. The summed E-state index contributed by atoms with van der Waals surface area (Å²) in [7, 11) is 4.33. The predicted octanol–water partition coefficient (Wildman–Crippen LogP) is 2.68. The number of hydrogen-bond donors (Lipinski definition) is 1. The van der Waals surface area contributed by atoms with Crippen LogP contribution in [0.3, 0.4) is 0 Å². The Labute approximate surface area is 171 Å². The molecule has 1 N–H and O–H groups in total. The predicted molar refractivity (Wildman–Crippen MR) is 109 cm³/mol. The van der Waals surface area contributed by atoms with Crippen molar-refractivity contribution < 1.29 is 28.2 Å². The number of ether oxygens (including phenoxy) is 3. The Morgan fingerprint density at radius 3 is 2.31 bits per heavy atom. The molecular formula is C20H17FN2O5S. The number of methoxy groups -OCH3 is 3. The maximum Gasteiger partial charge on any atom is 0.270 e. The third kappa shape index (κ3) is 3.64. The Hall–Kier alpha value is -3.46. The van der Waals surface area contributed by atoms with Crippen molar-refractivity contribution in [3.8, 4) is 17.2 Å². The van der Waals surface area contributed by atoms with Gasteiger partial charge in [-0.3, -0.25) is 14.9 Å². The van der Waals surface area contributed by atoms with Gasteiger partial charge >= 0.3 is 0 Å². The number of para-hydroxylation sites is 1. The van der Waals surface area contributed by atoms with E-state index in [9.17, 15) is 14.0 Å². The zero-order valence-electron chi connectivity index (χ0n) is 15.8. The highest BCUT2D eigenvalue weighted by Gasteiger charge is 2.36. The second-order valence-electron chi connectivity index (χ2n) is 5.83. The number of benzene rings is 2. The van der Waals surface area contributed by atoms with Crippen LogP contribution in [-0.2, 0) is 9.59 Å². The van der Waals surface area contributed by atoms with E-state index in [0.717, 1.165) is 4.90 Å². The van der Waals surface area contributed by atoms with Crippen molar-refractivity contribution >= 4 is 40.9 Å². The summed E-state index contributed by atoms with van der Waals surface area (Å²) in [5, 5.41) is 2.20. The number of anilines is 1. The molecule has 0 radical (unpaired) electrons. The maximum atomic E-state index is 14.2. The summed E-state index contributed by atoms with van der Waals surface area (Å²) >= 11 is 5.08. The summed E-state index contributed by atoms with van der Waals surface area (Å²) in [5.41, 5.74) is 0.0880. The average molecular weight is 416 g/mol. The fraction of sp³-hybridized carbons (Fsp3) is 0.150. The standard InChI is InChI=1S/C20H17FN2O5S/c1-26-15-9-8-11(16(27-2)17(15)28-3)10-12-18(24)22-20(29)23(19(12)25)14-7-5-4-6-13(14)21/h4-10H,1-3H3,(H,22,24,29)/b12-10+. The van der Waals surface area contributed by atoms with Crippen LogP contribution in [0.2, 0.25) is 0 Å². The molecule has 29 heavy (non-hydrogen) atoms. The molecule has 1 saturated heterocycles. The van der Waals surface area contributed by atoms with E-state index in [1.165, 1.54) is 45.6 Å². The number of nitrogens with zero attached hydrogens (tertiary/aromatic N) is 1. The molecule has 1 fully saturated rings. The van der Waals surface area contributed by atoms with Crippen molar-refractivity contribution in [3.63, 3.8) is 0 Å². The molecule has 7 nitrogen and oxygen atoms in total. The van der Waals surface area contributed by atoms with Crippen LogP contribution in [-0.4, -0.2) is 38.3 Å². The first-order valence-corrected chi connectivity index (χ1v) is 8.78. The minimum absolute atomic E-state index is 0.0623. The van der Waals surface area contributed by atoms with Gasteiger partial charge in [0.05, 0.1) is 27.0 Å². The first kappa shape index (κ1) is 20.3. The van der Waals surface area contributed by atoms with Gasteiger partial charge in [0.15, 0.2) is 16.6 Å². The van der Waals surface area contributed by atoms with Gasteiger partial charge in [-0.15, -0.1) is 0 Å². The minimum atomic E-state index is -0.763. The smallest absolute Gasteiger partial charge is 0.270 e. The van der Waals surface area contributed by atoms with Gasteiger partial charge in [-0.05, 0) is 42.6 Å². The maximum absolute atomic E-state index is 14.2. The van der Waals surface area contributed by atoms with Crippen LogP contribution in [0, 0.1) is 5.82 Å². The summed E-state index contributed by atoms with van der Waals surface area (Å²) < 4.78 is 30.2. The zero-order valence-corrected chi connectivity index (χ0v) is 16.6. The Kier molecular flexibility index (Phi) is 5.79. The molecule has 2 amide bonds. The molecule has 1 heterocycles. The third-order valence-corrected chi connectivity index (χ3v) is 4.51. The molecule has 0 aliphatic carbocycles. The number of carbonyl (C=O) groups excluding carboxylic acids is 2. The molecule has 2 aromatic carbocycles. The summed E-state index contributed by atoms with van der Waals surface area (Å²) in [6.45, 7) is 0. The summed E-state index contributed by atoms with van der Waals surface area (Å²) in [5.74, 6) is -1.13. The molecule has 1 aliphatic heterocycles. The summed E-state index contributed by atoms with van der Waals surface area (Å²) in [4.78, 5) is 26.4. The number of hydrogen-bond acceptors (Lipinski definition) is 6. The lowest BCUT2D eigenvalue weighted by atomic mass is 10.1. The van der Waals surface area contributed by atoms with E-state index in [2.05, 4.69) is 5.32 Å². The van der Waals surface area contributed by atoms with Crippen LogP contribution in [0.4, 0.5) is 10.1 Å². The zero-order chi connectivity index (χ0) is 21.1.